The standard InChI is InChI=1S/C22H20N2O3/c25-20(23-14-15-6-2-1-3-7-15)16-10-12-17(13-11-16)24-21(26)18-8-4-5-9-19(18)22(24)27/h1-7,10-13,18-19H,8-9,14H2,(H,23,25). The van der Waals surface area contributed by atoms with E-state index in [-0.39, 0.29) is 29.6 Å². The van der Waals surface area contributed by atoms with Crippen molar-refractivity contribution in [2.24, 2.45) is 11.8 Å². The molecule has 27 heavy (non-hydrogen) atoms. The lowest BCUT2D eigenvalue weighted by atomic mass is 9.85. The molecule has 1 aliphatic heterocycles. The number of carbonyl (C=O) groups is 3. The largest absolute Gasteiger partial charge is 0.348 e. The maximum Gasteiger partial charge on any atom is 0.251 e. The quantitative estimate of drug-likeness (QED) is 0.673. The fourth-order valence-electron chi connectivity index (χ4n) is 3.70. The van der Waals surface area contributed by atoms with E-state index in [0.29, 0.717) is 30.6 Å². The van der Waals surface area contributed by atoms with Crippen molar-refractivity contribution in [3.63, 3.8) is 0 Å². The van der Waals surface area contributed by atoms with Gasteiger partial charge in [0, 0.05) is 12.1 Å². The number of carbonyl (C=O) groups excluding carboxylic acids is 3. The molecule has 4 rings (SSSR count). The molecule has 2 aliphatic rings. The van der Waals surface area contributed by atoms with Crippen molar-refractivity contribution in [3.05, 3.63) is 77.9 Å². The van der Waals surface area contributed by atoms with Crippen molar-refractivity contribution in [3.8, 4) is 0 Å². The Kier molecular flexibility index (Phi) is 4.59. The minimum atomic E-state index is -0.253. The van der Waals surface area contributed by atoms with Gasteiger partial charge in [0.1, 0.15) is 0 Å². The van der Waals surface area contributed by atoms with E-state index in [1.54, 1.807) is 24.3 Å². The van der Waals surface area contributed by atoms with Crippen LogP contribution in [0.2, 0.25) is 0 Å². The average molecular weight is 360 g/mol. The number of hydrogen-bond donors (Lipinski definition) is 1. The van der Waals surface area contributed by atoms with E-state index >= 15 is 0 Å². The first-order chi connectivity index (χ1) is 13.1. The van der Waals surface area contributed by atoms with Gasteiger partial charge in [0.05, 0.1) is 17.5 Å². The number of hydrogen-bond acceptors (Lipinski definition) is 3. The van der Waals surface area contributed by atoms with Gasteiger partial charge < -0.3 is 5.32 Å². The molecule has 136 valence electrons. The van der Waals surface area contributed by atoms with Gasteiger partial charge in [-0.15, -0.1) is 0 Å². The summed E-state index contributed by atoms with van der Waals surface area (Å²) in [6.45, 7) is 0.445. The van der Waals surface area contributed by atoms with Crippen LogP contribution < -0.4 is 10.2 Å². The molecule has 0 bridgehead atoms. The summed E-state index contributed by atoms with van der Waals surface area (Å²) < 4.78 is 0. The fraction of sp³-hybridized carbons (Fsp3) is 0.227. The van der Waals surface area contributed by atoms with Crippen LogP contribution in [0.3, 0.4) is 0 Å². The topological polar surface area (TPSA) is 66.5 Å². The highest BCUT2D eigenvalue weighted by Gasteiger charge is 2.47. The molecule has 2 aromatic carbocycles. The minimum Gasteiger partial charge on any atom is -0.348 e. The van der Waals surface area contributed by atoms with Gasteiger partial charge in [-0.05, 0) is 42.7 Å². The highest BCUT2D eigenvalue weighted by atomic mass is 16.2. The molecule has 0 spiro atoms. The molecule has 5 nitrogen and oxygen atoms in total. The summed E-state index contributed by atoms with van der Waals surface area (Å²) in [5.41, 5.74) is 2.04. The van der Waals surface area contributed by atoms with E-state index in [1.165, 1.54) is 4.90 Å². The van der Waals surface area contributed by atoms with E-state index in [0.717, 1.165) is 5.56 Å². The van der Waals surface area contributed by atoms with Gasteiger partial charge in [0.2, 0.25) is 11.8 Å². The van der Waals surface area contributed by atoms with Crippen molar-refractivity contribution in [2.45, 2.75) is 19.4 Å². The molecule has 1 fully saturated rings. The maximum absolute atomic E-state index is 12.6. The Morgan fingerprint density at radius 3 is 2.07 bits per heavy atom. The molecule has 1 aliphatic carbocycles. The zero-order valence-electron chi connectivity index (χ0n) is 14.8. The van der Waals surface area contributed by atoms with Gasteiger partial charge in [-0.1, -0.05) is 42.5 Å². The summed E-state index contributed by atoms with van der Waals surface area (Å²) >= 11 is 0. The number of allylic oxidation sites excluding steroid dienone is 2. The molecule has 2 atom stereocenters. The van der Waals surface area contributed by atoms with Crippen molar-refractivity contribution in [2.75, 3.05) is 4.90 Å². The predicted molar refractivity (Wildman–Crippen MR) is 102 cm³/mol. The molecule has 3 amide bonds. The third-order valence-electron chi connectivity index (χ3n) is 5.19. The average Bonchev–Trinajstić information content (AvgIpc) is 2.98. The molecular weight excluding hydrogens is 340 g/mol. The monoisotopic (exact) mass is 360 g/mol. The summed E-state index contributed by atoms with van der Waals surface area (Å²) in [7, 11) is 0. The summed E-state index contributed by atoms with van der Waals surface area (Å²) in [6.07, 6.45) is 5.17. The molecule has 2 unspecified atom stereocenters. The van der Waals surface area contributed by atoms with Crippen LogP contribution in [0.5, 0.6) is 0 Å². The molecule has 5 heteroatoms. The fourth-order valence-corrected chi connectivity index (χ4v) is 3.70. The molecule has 0 aromatic heterocycles. The maximum atomic E-state index is 12.6. The Morgan fingerprint density at radius 2 is 1.48 bits per heavy atom. The Morgan fingerprint density at radius 1 is 0.889 bits per heavy atom. The van der Waals surface area contributed by atoms with Crippen LogP contribution in [0.4, 0.5) is 5.69 Å². The number of amides is 3. The van der Waals surface area contributed by atoms with E-state index in [1.807, 2.05) is 42.5 Å². The predicted octanol–water partition coefficient (Wildman–Crippen LogP) is 3.07. The first kappa shape index (κ1) is 17.2. The Hall–Kier alpha value is -3.21. The highest BCUT2D eigenvalue weighted by molar-refractivity contribution is 6.22. The second-order valence-electron chi connectivity index (χ2n) is 6.88. The summed E-state index contributed by atoms with van der Waals surface area (Å²) in [5, 5.41) is 2.87. The molecule has 1 heterocycles. The van der Waals surface area contributed by atoms with Crippen molar-refractivity contribution >= 4 is 23.4 Å². The van der Waals surface area contributed by atoms with Gasteiger partial charge in [-0.2, -0.15) is 0 Å². The number of nitrogens with zero attached hydrogens (tertiary/aromatic N) is 1. The van der Waals surface area contributed by atoms with Crippen LogP contribution in [0.25, 0.3) is 0 Å². The first-order valence-corrected chi connectivity index (χ1v) is 9.10. The van der Waals surface area contributed by atoms with Gasteiger partial charge in [-0.25, -0.2) is 0 Å². The smallest absolute Gasteiger partial charge is 0.251 e. The lowest BCUT2D eigenvalue weighted by Gasteiger charge is -2.15. The lowest BCUT2D eigenvalue weighted by molar-refractivity contribution is -0.122. The Balaban J connectivity index is 1.45. The zero-order chi connectivity index (χ0) is 18.8. The van der Waals surface area contributed by atoms with Crippen LogP contribution in [-0.2, 0) is 16.1 Å². The number of rotatable bonds is 4. The molecule has 0 radical (unpaired) electrons. The number of anilines is 1. The van der Waals surface area contributed by atoms with Crippen molar-refractivity contribution in [1.82, 2.24) is 5.32 Å². The molecule has 2 aromatic rings. The van der Waals surface area contributed by atoms with Crippen LogP contribution >= 0.6 is 0 Å². The molecule has 0 saturated carbocycles. The minimum absolute atomic E-state index is 0.143. The van der Waals surface area contributed by atoms with E-state index in [2.05, 4.69) is 5.32 Å². The summed E-state index contributed by atoms with van der Waals surface area (Å²) in [6, 6.07) is 16.3. The van der Waals surface area contributed by atoms with E-state index in [9.17, 15) is 14.4 Å². The number of imide groups is 1. The van der Waals surface area contributed by atoms with E-state index in [4.69, 9.17) is 0 Å². The molecular formula is C22H20N2O3. The van der Waals surface area contributed by atoms with Crippen molar-refractivity contribution < 1.29 is 14.4 Å². The first-order valence-electron chi connectivity index (χ1n) is 9.10. The number of benzene rings is 2. The lowest BCUT2D eigenvalue weighted by Crippen LogP contribution is -2.31. The SMILES string of the molecule is O=C(NCc1ccccc1)c1ccc(N2C(=O)C3CC=CCC3C2=O)cc1. The number of nitrogens with one attached hydrogen (secondary N) is 1. The second-order valence-corrected chi connectivity index (χ2v) is 6.88. The number of fused-ring (bicyclic) bond motifs is 1. The van der Waals surface area contributed by atoms with E-state index < -0.39 is 0 Å². The third-order valence-corrected chi connectivity index (χ3v) is 5.19. The van der Waals surface area contributed by atoms with Crippen LogP contribution in [0.15, 0.2) is 66.7 Å². The van der Waals surface area contributed by atoms with Crippen LogP contribution in [0.1, 0.15) is 28.8 Å². The van der Waals surface area contributed by atoms with Crippen LogP contribution in [-0.4, -0.2) is 17.7 Å². The normalized spacial score (nSPS) is 21.3. The van der Waals surface area contributed by atoms with Gasteiger partial charge in [0.15, 0.2) is 0 Å². The highest BCUT2D eigenvalue weighted by Crippen LogP contribution is 2.37. The Labute approximate surface area is 157 Å². The zero-order valence-corrected chi connectivity index (χ0v) is 14.8. The summed E-state index contributed by atoms with van der Waals surface area (Å²) in [4.78, 5) is 38.8. The van der Waals surface area contributed by atoms with Gasteiger partial charge in [-0.3, -0.25) is 19.3 Å². The Bertz CT molecular complexity index is 877. The molecule has 1 N–H and O–H groups in total. The second kappa shape index (κ2) is 7.19. The van der Waals surface area contributed by atoms with Crippen molar-refractivity contribution in [1.29, 1.82) is 0 Å². The third kappa shape index (κ3) is 3.28. The van der Waals surface area contributed by atoms with Gasteiger partial charge in [0.25, 0.3) is 5.91 Å². The summed E-state index contributed by atoms with van der Waals surface area (Å²) in [5.74, 6) is -0.985. The molecule has 1 saturated heterocycles. The van der Waals surface area contributed by atoms with Crippen LogP contribution in [0, 0.1) is 11.8 Å². The van der Waals surface area contributed by atoms with Gasteiger partial charge >= 0.3 is 0 Å².